The topological polar surface area (TPSA) is 29.3 Å². The molecule has 1 unspecified atom stereocenters. The van der Waals surface area contributed by atoms with Crippen LogP contribution < -0.4 is 5.73 Å². The normalized spacial score (nSPS) is 26.8. The van der Waals surface area contributed by atoms with E-state index in [9.17, 15) is 0 Å². The van der Waals surface area contributed by atoms with Crippen LogP contribution in [-0.4, -0.2) is 30.6 Å². The summed E-state index contributed by atoms with van der Waals surface area (Å²) in [6.07, 6.45) is 3.97. The second-order valence-electron chi connectivity index (χ2n) is 5.05. The van der Waals surface area contributed by atoms with Crippen molar-refractivity contribution in [1.82, 2.24) is 4.90 Å². The molecule has 2 rings (SSSR count). The second kappa shape index (κ2) is 4.03. The van der Waals surface area contributed by atoms with Crippen LogP contribution in [0.15, 0.2) is 11.1 Å². The summed E-state index contributed by atoms with van der Waals surface area (Å²) in [6.45, 7) is 7.97. The Morgan fingerprint density at radius 3 is 2.64 bits per heavy atom. The van der Waals surface area contributed by atoms with Crippen LogP contribution in [0.5, 0.6) is 0 Å². The Balaban J connectivity index is 1.82. The van der Waals surface area contributed by atoms with Gasteiger partial charge in [0.25, 0.3) is 0 Å². The third kappa shape index (κ3) is 2.37. The number of nitrogens with two attached hydrogens (primary N) is 1. The lowest BCUT2D eigenvalue weighted by Gasteiger charge is -2.30. The maximum Gasteiger partial charge on any atom is 0.0196 e. The first-order chi connectivity index (χ1) is 6.66. The molecule has 0 spiro atoms. The van der Waals surface area contributed by atoms with Gasteiger partial charge in [-0.15, -0.1) is 0 Å². The molecule has 80 valence electrons. The Morgan fingerprint density at radius 1 is 1.36 bits per heavy atom. The predicted octanol–water partition coefficient (Wildman–Crippen LogP) is 1.77. The SMILES string of the molecule is CC1=C(C)CN(CC(N)C2CC2)CC1. The first-order valence-electron chi connectivity index (χ1n) is 5.80. The smallest absolute Gasteiger partial charge is 0.0196 e. The van der Waals surface area contributed by atoms with Gasteiger partial charge in [0.15, 0.2) is 0 Å². The lowest BCUT2D eigenvalue weighted by molar-refractivity contribution is 0.258. The predicted molar refractivity (Wildman–Crippen MR) is 60.1 cm³/mol. The summed E-state index contributed by atoms with van der Waals surface area (Å²) in [6, 6.07) is 0.432. The molecule has 1 aliphatic carbocycles. The minimum atomic E-state index is 0.432. The molecule has 1 saturated carbocycles. The monoisotopic (exact) mass is 194 g/mol. The van der Waals surface area contributed by atoms with Crippen molar-refractivity contribution in [3.8, 4) is 0 Å². The fourth-order valence-corrected chi connectivity index (χ4v) is 2.22. The minimum absolute atomic E-state index is 0.432. The van der Waals surface area contributed by atoms with Crippen molar-refractivity contribution in [1.29, 1.82) is 0 Å². The van der Waals surface area contributed by atoms with E-state index < -0.39 is 0 Å². The van der Waals surface area contributed by atoms with Crippen LogP contribution in [0.4, 0.5) is 0 Å². The Hall–Kier alpha value is -0.340. The summed E-state index contributed by atoms with van der Waals surface area (Å²) in [7, 11) is 0. The zero-order valence-corrected chi connectivity index (χ0v) is 9.42. The van der Waals surface area contributed by atoms with Gasteiger partial charge in [-0.05, 0) is 39.0 Å². The van der Waals surface area contributed by atoms with Crippen LogP contribution in [0, 0.1) is 5.92 Å². The Kier molecular flexibility index (Phi) is 2.93. The van der Waals surface area contributed by atoms with Gasteiger partial charge in [-0.1, -0.05) is 11.1 Å². The van der Waals surface area contributed by atoms with E-state index in [0.717, 1.165) is 19.0 Å². The fourth-order valence-electron chi connectivity index (χ4n) is 2.22. The first kappa shape index (κ1) is 10.2. The summed E-state index contributed by atoms with van der Waals surface area (Å²) in [5.41, 5.74) is 9.27. The zero-order chi connectivity index (χ0) is 10.1. The third-order valence-electron chi connectivity index (χ3n) is 3.69. The molecule has 0 aromatic rings. The second-order valence-corrected chi connectivity index (χ2v) is 5.05. The third-order valence-corrected chi connectivity index (χ3v) is 3.69. The summed E-state index contributed by atoms with van der Waals surface area (Å²) in [4.78, 5) is 2.52. The Labute approximate surface area is 87.2 Å². The van der Waals surface area contributed by atoms with Gasteiger partial charge >= 0.3 is 0 Å². The van der Waals surface area contributed by atoms with E-state index in [-0.39, 0.29) is 0 Å². The van der Waals surface area contributed by atoms with Gasteiger partial charge in [-0.3, -0.25) is 4.90 Å². The zero-order valence-electron chi connectivity index (χ0n) is 9.42. The molecule has 2 aliphatic rings. The number of nitrogens with zero attached hydrogens (tertiary/aromatic N) is 1. The van der Waals surface area contributed by atoms with Gasteiger partial charge in [0.2, 0.25) is 0 Å². The quantitative estimate of drug-likeness (QED) is 0.694. The average Bonchev–Trinajstić information content (AvgIpc) is 2.94. The van der Waals surface area contributed by atoms with Crippen molar-refractivity contribution in [3.63, 3.8) is 0 Å². The molecule has 1 aliphatic heterocycles. The fraction of sp³-hybridized carbons (Fsp3) is 0.833. The van der Waals surface area contributed by atoms with E-state index in [4.69, 9.17) is 5.73 Å². The van der Waals surface area contributed by atoms with Gasteiger partial charge in [0.05, 0.1) is 0 Å². The molecule has 14 heavy (non-hydrogen) atoms. The lowest BCUT2D eigenvalue weighted by Crippen LogP contribution is -2.41. The van der Waals surface area contributed by atoms with Crippen LogP contribution in [-0.2, 0) is 0 Å². The Bertz CT molecular complexity index is 241. The molecular weight excluding hydrogens is 172 g/mol. The molecular formula is C12H22N2. The van der Waals surface area contributed by atoms with Gasteiger partial charge in [-0.2, -0.15) is 0 Å². The van der Waals surface area contributed by atoms with E-state index in [0.29, 0.717) is 6.04 Å². The van der Waals surface area contributed by atoms with Crippen LogP contribution >= 0.6 is 0 Å². The summed E-state index contributed by atoms with van der Waals surface area (Å²) >= 11 is 0. The van der Waals surface area contributed by atoms with Gasteiger partial charge in [0, 0.05) is 25.7 Å². The highest BCUT2D eigenvalue weighted by molar-refractivity contribution is 5.14. The molecule has 2 heteroatoms. The van der Waals surface area contributed by atoms with Crippen molar-refractivity contribution in [2.45, 2.75) is 39.2 Å². The highest BCUT2D eigenvalue weighted by Crippen LogP contribution is 2.32. The van der Waals surface area contributed by atoms with Gasteiger partial charge < -0.3 is 5.73 Å². The molecule has 0 amide bonds. The molecule has 0 aromatic carbocycles. The minimum Gasteiger partial charge on any atom is -0.326 e. The van der Waals surface area contributed by atoms with E-state index in [1.807, 2.05) is 0 Å². The van der Waals surface area contributed by atoms with Crippen LogP contribution in [0.1, 0.15) is 33.1 Å². The summed E-state index contributed by atoms with van der Waals surface area (Å²) < 4.78 is 0. The molecule has 2 nitrogen and oxygen atoms in total. The summed E-state index contributed by atoms with van der Waals surface area (Å²) in [5, 5.41) is 0. The highest BCUT2D eigenvalue weighted by atomic mass is 15.1. The largest absolute Gasteiger partial charge is 0.326 e. The molecule has 1 atom stereocenters. The summed E-state index contributed by atoms with van der Waals surface area (Å²) in [5.74, 6) is 0.835. The van der Waals surface area contributed by atoms with E-state index in [1.54, 1.807) is 11.1 Å². The first-order valence-corrected chi connectivity index (χ1v) is 5.80. The average molecular weight is 194 g/mol. The highest BCUT2D eigenvalue weighted by Gasteiger charge is 2.30. The molecule has 0 radical (unpaired) electrons. The van der Waals surface area contributed by atoms with E-state index in [1.165, 1.54) is 25.8 Å². The molecule has 2 N–H and O–H groups in total. The van der Waals surface area contributed by atoms with Crippen LogP contribution in [0.3, 0.4) is 0 Å². The lowest BCUT2D eigenvalue weighted by atomic mass is 10.0. The van der Waals surface area contributed by atoms with Gasteiger partial charge in [-0.25, -0.2) is 0 Å². The number of rotatable bonds is 3. The number of hydrogen-bond donors (Lipinski definition) is 1. The Morgan fingerprint density at radius 2 is 2.07 bits per heavy atom. The van der Waals surface area contributed by atoms with Crippen molar-refractivity contribution in [2.24, 2.45) is 11.7 Å². The van der Waals surface area contributed by atoms with Crippen molar-refractivity contribution < 1.29 is 0 Å². The molecule has 0 aromatic heterocycles. The maximum absolute atomic E-state index is 6.13. The van der Waals surface area contributed by atoms with Crippen molar-refractivity contribution in [2.75, 3.05) is 19.6 Å². The van der Waals surface area contributed by atoms with Crippen LogP contribution in [0.25, 0.3) is 0 Å². The molecule has 0 saturated heterocycles. The van der Waals surface area contributed by atoms with Crippen LogP contribution in [0.2, 0.25) is 0 Å². The molecule has 1 heterocycles. The number of hydrogen-bond acceptors (Lipinski definition) is 2. The van der Waals surface area contributed by atoms with Crippen molar-refractivity contribution >= 4 is 0 Å². The standard InChI is InChI=1S/C12H22N2/c1-9-5-6-14(7-10(9)2)8-12(13)11-3-4-11/h11-12H,3-8,13H2,1-2H3. The van der Waals surface area contributed by atoms with E-state index >= 15 is 0 Å². The van der Waals surface area contributed by atoms with Crippen molar-refractivity contribution in [3.05, 3.63) is 11.1 Å². The van der Waals surface area contributed by atoms with E-state index in [2.05, 4.69) is 18.7 Å². The van der Waals surface area contributed by atoms with Gasteiger partial charge in [0.1, 0.15) is 0 Å². The molecule has 1 fully saturated rings. The maximum atomic E-state index is 6.13. The molecule has 0 bridgehead atoms.